The molecule has 1 amide bonds. The molecule has 0 radical (unpaired) electrons. The lowest BCUT2D eigenvalue weighted by atomic mass is 10.0. The van der Waals surface area contributed by atoms with Gasteiger partial charge in [0, 0.05) is 25.3 Å². The molecule has 0 spiro atoms. The number of fused-ring (bicyclic) bond motifs is 2. The highest BCUT2D eigenvalue weighted by molar-refractivity contribution is 7.89. The smallest absolute Gasteiger partial charge is 0.260 e. The summed E-state index contributed by atoms with van der Waals surface area (Å²) in [6.07, 6.45) is 2.50. The third-order valence-electron chi connectivity index (χ3n) is 7.33. The molecule has 9 heteroatoms. The zero-order chi connectivity index (χ0) is 26.3. The summed E-state index contributed by atoms with van der Waals surface area (Å²) in [6.45, 7) is 3.90. The molecule has 0 bridgehead atoms. The molecule has 2 aliphatic heterocycles. The molecule has 1 saturated heterocycles. The highest BCUT2D eigenvalue weighted by Crippen LogP contribution is 2.33. The van der Waals surface area contributed by atoms with Crippen LogP contribution in [0.25, 0.3) is 10.2 Å². The predicted octanol–water partition coefficient (Wildman–Crippen LogP) is 5.18. The van der Waals surface area contributed by atoms with Crippen molar-refractivity contribution in [3.63, 3.8) is 0 Å². The molecule has 38 heavy (non-hydrogen) atoms. The van der Waals surface area contributed by atoms with Gasteiger partial charge in [-0.05, 0) is 73.2 Å². The Morgan fingerprint density at radius 3 is 2.61 bits per heavy atom. The molecule has 2 aliphatic rings. The van der Waals surface area contributed by atoms with Crippen molar-refractivity contribution in [1.29, 1.82) is 0 Å². The van der Waals surface area contributed by atoms with Crippen molar-refractivity contribution in [3.05, 3.63) is 89.0 Å². The van der Waals surface area contributed by atoms with E-state index in [1.807, 2.05) is 43.3 Å². The lowest BCUT2D eigenvalue weighted by molar-refractivity contribution is 0.0917. The number of ether oxygens (including phenoxy) is 1. The van der Waals surface area contributed by atoms with Crippen molar-refractivity contribution in [1.82, 2.24) is 9.29 Å². The predicted molar refractivity (Wildman–Crippen MR) is 149 cm³/mol. The van der Waals surface area contributed by atoms with Gasteiger partial charge >= 0.3 is 0 Å². The topological polar surface area (TPSA) is 79.8 Å². The van der Waals surface area contributed by atoms with Crippen molar-refractivity contribution >= 4 is 42.6 Å². The van der Waals surface area contributed by atoms with E-state index in [9.17, 15) is 13.2 Å². The maximum Gasteiger partial charge on any atom is 0.260 e. The van der Waals surface area contributed by atoms with Crippen LogP contribution in [0.5, 0.6) is 0 Å². The van der Waals surface area contributed by atoms with Crippen molar-refractivity contribution in [2.75, 3.05) is 24.6 Å². The molecule has 0 saturated carbocycles. The number of hydrogen-bond acceptors (Lipinski definition) is 6. The van der Waals surface area contributed by atoms with Crippen LogP contribution in [0.3, 0.4) is 0 Å². The van der Waals surface area contributed by atoms with E-state index in [1.165, 1.54) is 33.3 Å². The van der Waals surface area contributed by atoms with Crippen LogP contribution in [0.15, 0.2) is 71.6 Å². The summed E-state index contributed by atoms with van der Waals surface area (Å²) in [5.74, 6) is -0.215. The molecule has 0 N–H and O–H groups in total. The molecule has 7 nitrogen and oxygen atoms in total. The number of sulfonamides is 1. The summed E-state index contributed by atoms with van der Waals surface area (Å²) in [5.41, 5.74) is 4.59. The molecular formula is C29H29N3O4S2. The van der Waals surface area contributed by atoms with Crippen LogP contribution < -0.4 is 4.90 Å². The van der Waals surface area contributed by atoms with Gasteiger partial charge in [-0.15, -0.1) is 0 Å². The first kappa shape index (κ1) is 25.2. The van der Waals surface area contributed by atoms with Crippen LogP contribution in [0.1, 0.15) is 39.9 Å². The van der Waals surface area contributed by atoms with Gasteiger partial charge in [-0.2, -0.15) is 4.31 Å². The summed E-state index contributed by atoms with van der Waals surface area (Å²) in [4.78, 5) is 20.5. The van der Waals surface area contributed by atoms with E-state index in [2.05, 4.69) is 6.07 Å². The SMILES string of the molecule is Cc1cccc2sc(N(CC3CCCO3)C(=O)c3ccc(S(=O)(=O)N4CCc5ccccc5C4)cc3)nc12. The Bertz CT molecular complexity index is 1590. The van der Waals surface area contributed by atoms with Crippen LogP contribution in [-0.4, -0.2) is 49.4 Å². The average molecular weight is 548 g/mol. The molecule has 196 valence electrons. The van der Waals surface area contributed by atoms with E-state index in [1.54, 1.807) is 17.0 Å². The summed E-state index contributed by atoms with van der Waals surface area (Å²) < 4.78 is 35.2. The van der Waals surface area contributed by atoms with Crippen molar-refractivity contribution in [2.24, 2.45) is 0 Å². The number of hydrogen-bond donors (Lipinski definition) is 0. The molecule has 1 fully saturated rings. The van der Waals surface area contributed by atoms with Crippen LogP contribution >= 0.6 is 11.3 Å². The van der Waals surface area contributed by atoms with Crippen LogP contribution in [-0.2, 0) is 27.7 Å². The van der Waals surface area contributed by atoms with E-state index in [4.69, 9.17) is 9.72 Å². The Morgan fingerprint density at radius 1 is 1.08 bits per heavy atom. The Hall–Kier alpha value is -3.11. The van der Waals surface area contributed by atoms with Gasteiger partial charge in [-0.25, -0.2) is 13.4 Å². The second-order valence-corrected chi connectivity index (χ2v) is 12.8. The van der Waals surface area contributed by atoms with Crippen LogP contribution in [0, 0.1) is 6.92 Å². The monoisotopic (exact) mass is 547 g/mol. The van der Waals surface area contributed by atoms with Gasteiger partial charge in [0.05, 0.1) is 27.8 Å². The zero-order valence-electron chi connectivity index (χ0n) is 21.2. The minimum Gasteiger partial charge on any atom is -0.376 e. The first-order valence-electron chi connectivity index (χ1n) is 12.9. The lowest BCUT2D eigenvalue weighted by Crippen LogP contribution is -2.37. The van der Waals surface area contributed by atoms with Gasteiger partial charge in [0.1, 0.15) is 0 Å². The first-order chi connectivity index (χ1) is 18.4. The quantitative estimate of drug-likeness (QED) is 0.333. The summed E-state index contributed by atoms with van der Waals surface area (Å²) in [7, 11) is -3.68. The van der Waals surface area contributed by atoms with Gasteiger partial charge < -0.3 is 4.74 Å². The third kappa shape index (κ3) is 4.75. The van der Waals surface area contributed by atoms with E-state index in [-0.39, 0.29) is 16.9 Å². The standard InChI is InChI=1S/C29H29N3O4S2/c1-20-6-4-10-26-27(20)30-29(37-26)32(19-24-9-5-17-36-24)28(33)22-11-13-25(14-12-22)38(34,35)31-16-15-21-7-2-3-8-23(21)18-31/h2-4,6-8,10-14,24H,5,9,15-19H2,1H3. The number of amides is 1. The molecule has 3 aromatic carbocycles. The molecule has 1 aromatic heterocycles. The highest BCUT2D eigenvalue weighted by Gasteiger charge is 2.30. The Morgan fingerprint density at radius 2 is 1.87 bits per heavy atom. The normalized spacial score (nSPS) is 18.0. The number of nitrogens with zero attached hydrogens (tertiary/aromatic N) is 3. The first-order valence-corrected chi connectivity index (χ1v) is 15.1. The fourth-order valence-corrected chi connectivity index (χ4v) is 7.65. The zero-order valence-corrected chi connectivity index (χ0v) is 22.8. The Kier molecular flexibility index (Phi) is 6.77. The average Bonchev–Trinajstić information content (AvgIpc) is 3.62. The number of aromatic nitrogens is 1. The van der Waals surface area contributed by atoms with Crippen molar-refractivity contribution < 1.29 is 17.9 Å². The largest absolute Gasteiger partial charge is 0.376 e. The fraction of sp³-hybridized carbons (Fsp3) is 0.310. The Labute approximate surface area is 226 Å². The molecule has 1 atom stereocenters. The molecule has 3 heterocycles. The molecule has 1 unspecified atom stereocenters. The summed E-state index contributed by atoms with van der Waals surface area (Å²) in [5, 5.41) is 0.624. The molecular weight excluding hydrogens is 518 g/mol. The van der Waals surface area contributed by atoms with Gasteiger partial charge in [0.15, 0.2) is 5.13 Å². The van der Waals surface area contributed by atoms with Crippen LogP contribution in [0.4, 0.5) is 5.13 Å². The number of para-hydroxylation sites is 1. The molecule has 4 aromatic rings. The van der Waals surface area contributed by atoms with Crippen LogP contribution in [0.2, 0.25) is 0 Å². The minimum atomic E-state index is -3.68. The second-order valence-electron chi connectivity index (χ2n) is 9.85. The third-order valence-corrected chi connectivity index (χ3v) is 10.2. The number of anilines is 1. The van der Waals surface area contributed by atoms with Crippen molar-refractivity contribution in [2.45, 2.75) is 43.7 Å². The number of rotatable bonds is 6. The van der Waals surface area contributed by atoms with E-state index >= 15 is 0 Å². The minimum absolute atomic E-state index is 0.0475. The molecule has 0 aliphatic carbocycles. The number of benzene rings is 3. The van der Waals surface area contributed by atoms with Gasteiger partial charge in [-0.3, -0.25) is 9.69 Å². The number of carbonyl (C=O) groups is 1. The maximum atomic E-state index is 13.8. The van der Waals surface area contributed by atoms with E-state index < -0.39 is 10.0 Å². The van der Waals surface area contributed by atoms with Gasteiger partial charge in [-0.1, -0.05) is 47.7 Å². The van der Waals surface area contributed by atoms with E-state index in [0.29, 0.717) is 43.4 Å². The summed E-state index contributed by atoms with van der Waals surface area (Å²) in [6, 6.07) is 20.2. The Balaban J connectivity index is 1.27. The maximum absolute atomic E-state index is 13.8. The fourth-order valence-electron chi connectivity index (χ4n) is 5.18. The van der Waals surface area contributed by atoms with Gasteiger partial charge in [0.2, 0.25) is 10.0 Å². The number of carbonyl (C=O) groups excluding carboxylic acids is 1. The van der Waals surface area contributed by atoms with Crippen molar-refractivity contribution in [3.8, 4) is 0 Å². The summed E-state index contributed by atoms with van der Waals surface area (Å²) >= 11 is 1.48. The van der Waals surface area contributed by atoms with E-state index in [0.717, 1.165) is 34.2 Å². The van der Waals surface area contributed by atoms with Gasteiger partial charge in [0.25, 0.3) is 5.91 Å². The highest BCUT2D eigenvalue weighted by atomic mass is 32.2. The number of thiazole rings is 1. The molecule has 6 rings (SSSR count). The second kappa shape index (κ2) is 10.2. The number of aryl methyl sites for hydroxylation is 1. The lowest BCUT2D eigenvalue weighted by Gasteiger charge is -2.28.